The van der Waals surface area contributed by atoms with E-state index in [2.05, 4.69) is 21.7 Å². The van der Waals surface area contributed by atoms with E-state index in [0.717, 1.165) is 26.4 Å². The maximum Gasteiger partial charge on any atom is 0.323 e. The monoisotopic (exact) mass is 377 g/mol. The minimum Gasteiger partial charge on any atom is -0.308 e. The molecule has 0 aliphatic carbocycles. The van der Waals surface area contributed by atoms with E-state index in [1.54, 1.807) is 11.3 Å². The van der Waals surface area contributed by atoms with Crippen LogP contribution < -0.4 is 10.6 Å². The highest BCUT2D eigenvalue weighted by Gasteiger charge is 2.10. The van der Waals surface area contributed by atoms with Gasteiger partial charge in [-0.1, -0.05) is 12.1 Å². The Balaban J connectivity index is 1.51. The summed E-state index contributed by atoms with van der Waals surface area (Å²) < 4.78 is 14.1. The van der Waals surface area contributed by atoms with Crippen molar-refractivity contribution in [2.24, 2.45) is 0 Å². The Bertz CT molecular complexity index is 1090. The number of nitrogens with one attached hydrogen (secondary N) is 2. The van der Waals surface area contributed by atoms with E-state index >= 15 is 0 Å². The van der Waals surface area contributed by atoms with Gasteiger partial charge in [-0.25, -0.2) is 14.2 Å². The molecule has 27 heavy (non-hydrogen) atoms. The standard InChI is InChI=1S/C21H16FN3OS/c1-13-12-14(20-24-18-4-2-3-5-19(18)27-20)6-11-17(13)25-21(26)23-16-9-7-15(22)8-10-16/h2-12H,1H3,(H2,23,25,26). The molecule has 0 atom stereocenters. The van der Waals surface area contributed by atoms with Crippen LogP contribution in [-0.2, 0) is 0 Å². The normalized spacial score (nSPS) is 10.7. The maximum absolute atomic E-state index is 12.9. The van der Waals surface area contributed by atoms with Gasteiger partial charge in [0.2, 0.25) is 0 Å². The van der Waals surface area contributed by atoms with Gasteiger partial charge in [-0.05, 0) is 67.1 Å². The fourth-order valence-electron chi connectivity index (χ4n) is 2.75. The van der Waals surface area contributed by atoms with Crippen molar-refractivity contribution < 1.29 is 9.18 Å². The van der Waals surface area contributed by atoms with Crippen molar-refractivity contribution in [2.45, 2.75) is 6.92 Å². The maximum atomic E-state index is 12.9. The fourth-order valence-corrected chi connectivity index (χ4v) is 3.71. The quantitative estimate of drug-likeness (QED) is 0.456. The van der Waals surface area contributed by atoms with Crippen molar-refractivity contribution in [1.82, 2.24) is 4.98 Å². The summed E-state index contributed by atoms with van der Waals surface area (Å²) in [6.45, 7) is 1.93. The number of hydrogen-bond donors (Lipinski definition) is 2. The first-order valence-corrected chi connectivity index (χ1v) is 9.20. The summed E-state index contributed by atoms with van der Waals surface area (Å²) in [5.74, 6) is -0.345. The molecule has 0 aliphatic heterocycles. The third-order valence-corrected chi connectivity index (χ3v) is 5.20. The van der Waals surface area contributed by atoms with Gasteiger partial charge < -0.3 is 10.6 Å². The lowest BCUT2D eigenvalue weighted by atomic mass is 10.1. The van der Waals surface area contributed by atoms with Crippen LogP contribution in [0.5, 0.6) is 0 Å². The summed E-state index contributed by atoms with van der Waals surface area (Å²) in [6.07, 6.45) is 0. The zero-order valence-electron chi connectivity index (χ0n) is 14.5. The van der Waals surface area contributed by atoms with Crippen molar-refractivity contribution >= 4 is 39.0 Å². The number of halogens is 1. The second kappa shape index (κ2) is 7.17. The van der Waals surface area contributed by atoms with Gasteiger partial charge in [0.25, 0.3) is 0 Å². The Morgan fingerprint density at radius 3 is 2.52 bits per heavy atom. The molecule has 2 amide bonds. The molecule has 4 aromatic rings. The fraction of sp³-hybridized carbons (Fsp3) is 0.0476. The first kappa shape index (κ1) is 17.2. The molecule has 1 aromatic heterocycles. The molecule has 0 aliphatic rings. The molecule has 6 heteroatoms. The predicted octanol–water partition coefficient (Wildman–Crippen LogP) is 6.05. The predicted molar refractivity (Wildman–Crippen MR) is 109 cm³/mol. The number of hydrogen-bond acceptors (Lipinski definition) is 3. The van der Waals surface area contributed by atoms with E-state index < -0.39 is 0 Å². The third-order valence-electron chi connectivity index (χ3n) is 4.12. The molecule has 4 nitrogen and oxygen atoms in total. The molecule has 4 rings (SSSR count). The van der Waals surface area contributed by atoms with Crippen molar-refractivity contribution in [3.63, 3.8) is 0 Å². The van der Waals surface area contributed by atoms with Crippen molar-refractivity contribution in [1.29, 1.82) is 0 Å². The highest BCUT2D eigenvalue weighted by Crippen LogP contribution is 2.31. The van der Waals surface area contributed by atoms with Crippen molar-refractivity contribution in [3.8, 4) is 10.6 Å². The molecule has 0 fully saturated rings. The number of urea groups is 1. The van der Waals surface area contributed by atoms with Crippen LogP contribution in [0.15, 0.2) is 66.7 Å². The Kier molecular flexibility index (Phi) is 4.56. The van der Waals surface area contributed by atoms with E-state index in [1.807, 2.05) is 43.3 Å². The second-order valence-electron chi connectivity index (χ2n) is 6.10. The van der Waals surface area contributed by atoms with E-state index in [-0.39, 0.29) is 11.8 Å². The number of carbonyl (C=O) groups excluding carboxylic acids is 1. The average Bonchev–Trinajstić information content (AvgIpc) is 3.09. The Morgan fingerprint density at radius 1 is 1.00 bits per heavy atom. The summed E-state index contributed by atoms with van der Waals surface area (Å²) in [4.78, 5) is 16.8. The van der Waals surface area contributed by atoms with Gasteiger partial charge >= 0.3 is 6.03 Å². The molecule has 2 N–H and O–H groups in total. The summed E-state index contributed by atoms with van der Waals surface area (Å²) in [5.41, 5.74) is 4.16. The molecule has 0 saturated heterocycles. The van der Waals surface area contributed by atoms with Crippen LogP contribution in [0.3, 0.4) is 0 Å². The number of nitrogens with zero attached hydrogens (tertiary/aromatic N) is 1. The van der Waals surface area contributed by atoms with Gasteiger partial charge in [0.1, 0.15) is 10.8 Å². The SMILES string of the molecule is Cc1cc(-c2nc3ccccc3s2)ccc1NC(=O)Nc1ccc(F)cc1. The number of benzene rings is 3. The number of carbonyl (C=O) groups is 1. The molecule has 134 valence electrons. The number of aromatic nitrogens is 1. The van der Waals surface area contributed by atoms with Crippen LogP contribution in [0, 0.1) is 12.7 Å². The van der Waals surface area contributed by atoms with Crippen LogP contribution >= 0.6 is 11.3 Å². The van der Waals surface area contributed by atoms with E-state index in [4.69, 9.17) is 0 Å². The molecular weight excluding hydrogens is 361 g/mol. The first-order valence-electron chi connectivity index (χ1n) is 8.39. The summed E-state index contributed by atoms with van der Waals surface area (Å²) >= 11 is 1.64. The number of aryl methyl sites for hydroxylation is 1. The van der Waals surface area contributed by atoms with Gasteiger partial charge in [0, 0.05) is 16.9 Å². The zero-order chi connectivity index (χ0) is 18.8. The largest absolute Gasteiger partial charge is 0.323 e. The van der Waals surface area contributed by atoms with Gasteiger partial charge in [-0.15, -0.1) is 11.3 Å². The van der Waals surface area contributed by atoms with Gasteiger partial charge in [-0.2, -0.15) is 0 Å². The third kappa shape index (κ3) is 3.80. The number of amides is 2. The first-order chi connectivity index (χ1) is 13.1. The van der Waals surface area contributed by atoms with Crippen LogP contribution in [0.2, 0.25) is 0 Å². The van der Waals surface area contributed by atoms with Crippen molar-refractivity contribution in [3.05, 3.63) is 78.1 Å². The topological polar surface area (TPSA) is 54.0 Å². The molecular formula is C21H16FN3OS. The summed E-state index contributed by atoms with van der Waals surface area (Å²) in [5, 5.41) is 6.45. The van der Waals surface area contributed by atoms with Gasteiger partial charge in [0.15, 0.2) is 0 Å². The zero-order valence-corrected chi connectivity index (χ0v) is 15.3. The lowest BCUT2D eigenvalue weighted by molar-refractivity contribution is 0.262. The smallest absolute Gasteiger partial charge is 0.308 e. The number of anilines is 2. The second-order valence-corrected chi connectivity index (χ2v) is 7.13. The number of fused-ring (bicyclic) bond motifs is 1. The Labute approximate surface area is 159 Å². The lowest BCUT2D eigenvalue weighted by Crippen LogP contribution is -2.19. The summed E-state index contributed by atoms with van der Waals surface area (Å²) in [6, 6.07) is 19.1. The molecule has 0 saturated carbocycles. The van der Waals surface area contributed by atoms with Crippen LogP contribution in [-0.4, -0.2) is 11.0 Å². The number of para-hydroxylation sites is 1. The van der Waals surface area contributed by atoms with Crippen LogP contribution in [0.4, 0.5) is 20.6 Å². The number of rotatable bonds is 3. The lowest BCUT2D eigenvalue weighted by Gasteiger charge is -2.11. The summed E-state index contributed by atoms with van der Waals surface area (Å²) in [7, 11) is 0. The molecule has 1 heterocycles. The van der Waals surface area contributed by atoms with E-state index in [9.17, 15) is 9.18 Å². The Hall–Kier alpha value is -3.25. The molecule has 0 spiro atoms. The minimum atomic E-state index is -0.377. The van der Waals surface area contributed by atoms with E-state index in [0.29, 0.717) is 11.4 Å². The minimum absolute atomic E-state index is 0.345. The Morgan fingerprint density at radius 2 is 1.78 bits per heavy atom. The highest BCUT2D eigenvalue weighted by molar-refractivity contribution is 7.21. The van der Waals surface area contributed by atoms with Gasteiger partial charge in [-0.3, -0.25) is 0 Å². The molecule has 0 unspecified atom stereocenters. The molecule has 3 aromatic carbocycles. The average molecular weight is 377 g/mol. The van der Waals surface area contributed by atoms with E-state index in [1.165, 1.54) is 24.3 Å². The molecule has 0 bridgehead atoms. The van der Waals surface area contributed by atoms with Crippen molar-refractivity contribution in [2.75, 3.05) is 10.6 Å². The van der Waals surface area contributed by atoms with Crippen LogP contribution in [0.25, 0.3) is 20.8 Å². The highest BCUT2D eigenvalue weighted by atomic mass is 32.1. The van der Waals surface area contributed by atoms with Crippen LogP contribution in [0.1, 0.15) is 5.56 Å². The van der Waals surface area contributed by atoms with Gasteiger partial charge in [0.05, 0.1) is 10.2 Å². The molecule has 0 radical (unpaired) electrons. The number of thiazole rings is 1.